The summed E-state index contributed by atoms with van der Waals surface area (Å²) in [5.41, 5.74) is 1.58. The van der Waals surface area contributed by atoms with E-state index in [4.69, 9.17) is 4.74 Å². The van der Waals surface area contributed by atoms with Crippen LogP contribution in [-0.2, 0) is 21.2 Å². The first-order chi connectivity index (χ1) is 14.8. The first kappa shape index (κ1) is 24.4. The first-order valence-electron chi connectivity index (χ1n) is 9.85. The molecule has 7 nitrogen and oxygen atoms in total. The number of carbonyl (C=O) groups excluding carboxylic acids is 1. The average Bonchev–Trinajstić information content (AvgIpc) is 2.78. The zero-order chi connectivity index (χ0) is 22.9. The molecule has 2 rings (SSSR count). The van der Waals surface area contributed by atoms with Crippen molar-refractivity contribution in [2.75, 3.05) is 26.0 Å². The summed E-state index contributed by atoms with van der Waals surface area (Å²) in [6, 6.07) is 12.1. The van der Waals surface area contributed by atoms with E-state index in [0.717, 1.165) is 18.7 Å². The fourth-order valence-corrected chi connectivity index (χ4v) is 4.41. The Balaban J connectivity index is 2.21. The minimum absolute atomic E-state index is 0.0758. The Kier molecular flexibility index (Phi) is 9.06. The zero-order valence-electron chi connectivity index (χ0n) is 18.0. The van der Waals surface area contributed by atoms with Crippen molar-refractivity contribution in [2.45, 2.75) is 31.3 Å². The van der Waals surface area contributed by atoms with Crippen LogP contribution < -0.4 is 4.74 Å². The smallest absolute Gasteiger partial charge is 0.233 e. The van der Waals surface area contributed by atoms with Gasteiger partial charge in [-0.1, -0.05) is 37.1 Å². The third-order valence-electron chi connectivity index (χ3n) is 4.83. The summed E-state index contributed by atoms with van der Waals surface area (Å²) in [4.78, 5) is 13.4. The van der Waals surface area contributed by atoms with Crippen molar-refractivity contribution < 1.29 is 23.2 Å². The maximum Gasteiger partial charge on any atom is 0.233 e. The molecule has 1 N–H and O–H groups in total. The summed E-state index contributed by atoms with van der Waals surface area (Å²) >= 11 is 0. The van der Waals surface area contributed by atoms with E-state index in [1.165, 1.54) is 12.1 Å². The van der Waals surface area contributed by atoms with Crippen LogP contribution in [0.1, 0.15) is 31.0 Å². The van der Waals surface area contributed by atoms with E-state index in [9.17, 15) is 18.4 Å². The second-order valence-electron chi connectivity index (χ2n) is 7.04. The minimum Gasteiger partial charge on any atom is -0.481 e. The highest BCUT2D eigenvalue weighted by molar-refractivity contribution is 7.91. The summed E-state index contributed by atoms with van der Waals surface area (Å²) < 4.78 is 31.3. The van der Waals surface area contributed by atoms with Gasteiger partial charge in [0.05, 0.1) is 16.7 Å². The fourth-order valence-electron chi connectivity index (χ4n) is 2.91. The van der Waals surface area contributed by atoms with Gasteiger partial charge in [-0.25, -0.2) is 13.5 Å². The van der Waals surface area contributed by atoms with Gasteiger partial charge in [0.25, 0.3) is 0 Å². The van der Waals surface area contributed by atoms with Gasteiger partial charge in [0.2, 0.25) is 6.41 Å². The molecule has 0 spiro atoms. The van der Waals surface area contributed by atoms with Crippen LogP contribution in [-0.4, -0.2) is 56.0 Å². The Bertz CT molecular complexity index is 1010. The first-order valence-corrected chi connectivity index (χ1v) is 11.5. The third kappa shape index (κ3) is 7.10. The van der Waals surface area contributed by atoms with E-state index in [0.29, 0.717) is 16.4 Å². The van der Waals surface area contributed by atoms with E-state index < -0.39 is 21.6 Å². The Morgan fingerprint density at radius 3 is 2.32 bits per heavy atom. The molecule has 0 aliphatic rings. The lowest BCUT2D eigenvalue weighted by atomic mass is 10.1. The standard InChI is InChI=1S/C23H28N2O5S/c1-4-6-15-30-21-11-13-22(14-12-21)31(28,29)17-23(25(27)18-26)20-9-7-19(8-10-20)16-24(3)5-2/h7-14,18,23,27H,5,15-17H2,1-3H3. The number of carbonyl (C=O) groups is 1. The van der Waals surface area contributed by atoms with Gasteiger partial charge in [-0.15, -0.1) is 5.92 Å². The molecular weight excluding hydrogens is 416 g/mol. The number of hydroxylamine groups is 2. The molecule has 2 aromatic rings. The molecule has 0 heterocycles. The lowest BCUT2D eigenvalue weighted by Gasteiger charge is -2.23. The summed E-state index contributed by atoms with van der Waals surface area (Å²) in [6.07, 6.45) is 0.213. The predicted octanol–water partition coefficient (Wildman–Crippen LogP) is 2.90. The van der Waals surface area contributed by atoms with Crippen LogP contribution >= 0.6 is 0 Å². The van der Waals surface area contributed by atoms with Gasteiger partial charge >= 0.3 is 0 Å². The Labute approximate surface area is 184 Å². The van der Waals surface area contributed by atoms with Crippen molar-refractivity contribution in [3.05, 3.63) is 59.7 Å². The number of hydrogen-bond donors (Lipinski definition) is 1. The molecule has 0 fully saturated rings. The van der Waals surface area contributed by atoms with Crippen LogP contribution in [0.15, 0.2) is 53.4 Å². The van der Waals surface area contributed by atoms with Crippen molar-refractivity contribution in [2.24, 2.45) is 0 Å². The number of nitrogens with zero attached hydrogens (tertiary/aromatic N) is 2. The van der Waals surface area contributed by atoms with Gasteiger partial charge in [-0.2, -0.15) is 0 Å². The molecule has 0 saturated carbocycles. The molecule has 0 radical (unpaired) electrons. The van der Waals surface area contributed by atoms with Gasteiger partial charge in [0.1, 0.15) is 12.4 Å². The highest BCUT2D eigenvalue weighted by Crippen LogP contribution is 2.25. The fraction of sp³-hybridized carbons (Fsp3) is 0.348. The summed E-state index contributed by atoms with van der Waals surface area (Å²) in [7, 11) is -1.79. The largest absolute Gasteiger partial charge is 0.481 e. The molecule has 0 bridgehead atoms. The molecule has 0 saturated heterocycles. The molecule has 166 valence electrons. The van der Waals surface area contributed by atoms with Crippen LogP contribution in [0.3, 0.4) is 0 Å². The van der Waals surface area contributed by atoms with E-state index in [-0.39, 0.29) is 17.9 Å². The van der Waals surface area contributed by atoms with Crippen molar-refractivity contribution in [3.63, 3.8) is 0 Å². The Hall–Kier alpha value is -2.86. The van der Waals surface area contributed by atoms with E-state index >= 15 is 0 Å². The quantitative estimate of drug-likeness (QED) is 0.248. The molecule has 8 heteroatoms. The number of benzene rings is 2. The van der Waals surface area contributed by atoms with Crippen LogP contribution in [0.5, 0.6) is 5.75 Å². The number of ether oxygens (including phenoxy) is 1. The second-order valence-corrected chi connectivity index (χ2v) is 9.08. The van der Waals surface area contributed by atoms with Crippen molar-refractivity contribution in [3.8, 4) is 17.6 Å². The summed E-state index contributed by atoms with van der Waals surface area (Å²) in [6.45, 7) is 5.62. The van der Waals surface area contributed by atoms with Crippen molar-refractivity contribution >= 4 is 16.2 Å². The molecule has 1 atom stereocenters. The lowest BCUT2D eigenvalue weighted by molar-refractivity contribution is -0.158. The summed E-state index contributed by atoms with van der Waals surface area (Å²) in [5.74, 6) is 5.52. The molecule has 0 aliphatic carbocycles. The van der Waals surface area contributed by atoms with Crippen LogP contribution in [0.2, 0.25) is 0 Å². The van der Waals surface area contributed by atoms with Crippen molar-refractivity contribution in [1.29, 1.82) is 0 Å². The molecule has 2 aromatic carbocycles. The zero-order valence-corrected chi connectivity index (χ0v) is 18.8. The molecule has 0 aromatic heterocycles. The van der Waals surface area contributed by atoms with Gasteiger partial charge in [-0.3, -0.25) is 10.0 Å². The number of hydrogen-bond acceptors (Lipinski definition) is 6. The SMILES string of the molecule is CC#CCOc1ccc(S(=O)(=O)CC(c2ccc(CN(C)CC)cc2)N(O)C=O)cc1. The maximum absolute atomic E-state index is 12.9. The van der Waals surface area contributed by atoms with Crippen LogP contribution in [0.25, 0.3) is 0 Å². The minimum atomic E-state index is -3.79. The third-order valence-corrected chi connectivity index (χ3v) is 6.58. The van der Waals surface area contributed by atoms with Crippen molar-refractivity contribution in [1.82, 2.24) is 9.96 Å². The summed E-state index contributed by atoms with van der Waals surface area (Å²) in [5, 5.41) is 10.5. The molecule has 31 heavy (non-hydrogen) atoms. The van der Waals surface area contributed by atoms with Crippen LogP contribution in [0, 0.1) is 11.8 Å². The maximum atomic E-state index is 12.9. The van der Waals surface area contributed by atoms with Crippen LogP contribution in [0.4, 0.5) is 0 Å². The van der Waals surface area contributed by atoms with E-state index in [2.05, 4.69) is 23.7 Å². The average molecular weight is 445 g/mol. The molecular formula is C23H28N2O5S. The van der Waals surface area contributed by atoms with Gasteiger partial charge in [0, 0.05) is 6.54 Å². The van der Waals surface area contributed by atoms with Gasteiger partial charge in [-0.05, 0) is 55.9 Å². The normalized spacial score (nSPS) is 12.0. The topological polar surface area (TPSA) is 87.2 Å². The Morgan fingerprint density at radius 2 is 1.77 bits per heavy atom. The second kappa shape index (κ2) is 11.5. The monoisotopic (exact) mass is 444 g/mol. The van der Waals surface area contributed by atoms with E-state index in [1.807, 2.05) is 19.2 Å². The highest BCUT2D eigenvalue weighted by Gasteiger charge is 2.27. The molecule has 1 amide bonds. The predicted molar refractivity (Wildman–Crippen MR) is 118 cm³/mol. The molecule has 0 aliphatic heterocycles. The number of amides is 1. The lowest BCUT2D eigenvalue weighted by Crippen LogP contribution is -2.30. The van der Waals surface area contributed by atoms with Gasteiger partial charge in [0.15, 0.2) is 9.84 Å². The Morgan fingerprint density at radius 1 is 1.13 bits per heavy atom. The molecule has 1 unspecified atom stereocenters. The number of sulfone groups is 1. The van der Waals surface area contributed by atoms with E-state index in [1.54, 1.807) is 31.2 Å². The van der Waals surface area contributed by atoms with Gasteiger partial charge < -0.3 is 9.64 Å². The highest BCUT2D eigenvalue weighted by atomic mass is 32.2. The number of rotatable bonds is 11.